The Hall–Kier alpha value is -1.36. The predicted molar refractivity (Wildman–Crippen MR) is 49.0 cm³/mol. The Labute approximate surface area is 76.9 Å². The lowest BCUT2D eigenvalue weighted by Gasteiger charge is -2.02. The van der Waals surface area contributed by atoms with Gasteiger partial charge in [-0.25, -0.2) is 4.98 Å². The highest BCUT2D eigenvalue weighted by Crippen LogP contribution is 1.93. The minimum absolute atomic E-state index is 0.227. The van der Waals surface area contributed by atoms with Gasteiger partial charge in [-0.05, 0) is 0 Å². The van der Waals surface area contributed by atoms with Crippen LogP contribution in [0.3, 0.4) is 0 Å². The molecule has 0 unspecified atom stereocenters. The van der Waals surface area contributed by atoms with E-state index in [9.17, 15) is 4.79 Å². The number of nitrogens with two attached hydrogens (primary N) is 1. The topological polar surface area (TPSA) is 72.9 Å². The highest BCUT2D eigenvalue weighted by molar-refractivity contribution is 5.75. The molecule has 0 aliphatic carbocycles. The molecule has 72 valence electrons. The van der Waals surface area contributed by atoms with Gasteiger partial charge in [0, 0.05) is 32.4 Å². The van der Waals surface area contributed by atoms with Crippen molar-refractivity contribution in [2.45, 2.75) is 6.42 Å². The van der Waals surface area contributed by atoms with Gasteiger partial charge in [-0.1, -0.05) is 0 Å². The van der Waals surface area contributed by atoms with Crippen LogP contribution in [0, 0.1) is 0 Å². The molecule has 1 rings (SSSR count). The van der Waals surface area contributed by atoms with E-state index in [1.54, 1.807) is 6.20 Å². The third-order valence-corrected chi connectivity index (χ3v) is 1.75. The Balaban J connectivity index is 2.20. The van der Waals surface area contributed by atoms with Crippen LogP contribution in [-0.2, 0) is 18.3 Å². The number of carbonyl (C=O) groups is 1. The van der Waals surface area contributed by atoms with E-state index in [1.807, 2.05) is 17.8 Å². The van der Waals surface area contributed by atoms with Crippen molar-refractivity contribution < 1.29 is 4.79 Å². The number of amides is 1. The largest absolute Gasteiger partial charge is 0.369 e. The van der Waals surface area contributed by atoms with E-state index in [0.717, 1.165) is 12.2 Å². The SMILES string of the molecule is Cn1ccnc1CCNCC(N)=O. The van der Waals surface area contributed by atoms with Gasteiger partial charge < -0.3 is 15.6 Å². The van der Waals surface area contributed by atoms with Gasteiger partial charge in [-0.3, -0.25) is 4.79 Å². The van der Waals surface area contributed by atoms with Gasteiger partial charge in [0.1, 0.15) is 5.82 Å². The van der Waals surface area contributed by atoms with Gasteiger partial charge in [0.2, 0.25) is 5.91 Å². The molecule has 3 N–H and O–H groups in total. The normalized spacial score (nSPS) is 10.2. The summed E-state index contributed by atoms with van der Waals surface area (Å²) in [6.07, 6.45) is 4.45. The summed E-state index contributed by atoms with van der Waals surface area (Å²) in [6.45, 7) is 0.943. The van der Waals surface area contributed by atoms with Gasteiger partial charge in [-0.2, -0.15) is 0 Å². The van der Waals surface area contributed by atoms with E-state index in [2.05, 4.69) is 10.3 Å². The quantitative estimate of drug-likeness (QED) is 0.576. The molecule has 0 radical (unpaired) electrons. The smallest absolute Gasteiger partial charge is 0.231 e. The zero-order chi connectivity index (χ0) is 9.68. The first-order chi connectivity index (χ1) is 6.20. The molecule has 5 heteroatoms. The van der Waals surface area contributed by atoms with Crippen LogP contribution < -0.4 is 11.1 Å². The molecule has 0 spiro atoms. The van der Waals surface area contributed by atoms with E-state index in [1.165, 1.54) is 0 Å². The van der Waals surface area contributed by atoms with Crippen LogP contribution >= 0.6 is 0 Å². The van der Waals surface area contributed by atoms with Crippen molar-refractivity contribution in [2.75, 3.05) is 13.1 Å². The van der Waals surface area contributed by atoms with Crippen LogP contribution in [0.15, 0.2) is 12.4 Å². The Bertz CT molecular complexity index is 281. The fourth-order valence-electron chi connectivity index (χ4n) is 1.05. The predicted octanol–water partition coefficient (Wildman–Crippen LogP) is -0.962. The second-order valence-corrected chi connectivity index (χ2v) is 2.85. The van der Waals surface area contributed by atoms with E-state index >= 15 is 0 Å². The molecule has 13 heavy (non-hydrogen) atoms. The fourth-order valence-corrected chi connectivity index (χ4v) is 1.05. The molecule has 1 amide bonds. The molecule has 0 aromatic carbocycles. The van der Waals surface area contributed by atoms with Gasteiger partial charge in [0.15, 0.2) is 0 Å². The zero-order valence-corrected chi connectivity index (χ0v) is 7.66. The minimum Gasteiger partial charge on any atom is -0.369 e. The molecule has 0 saturated carbocycles. The molecular formula is C8H14N4O. The van der Waals surface area contributed by atoms with E-state index in [0.29, 0.717) is 6.54 Å². The third kappa shape index (κ3) is 3.25. The van der Waals surface area contributed by atoms with E-state index in [-0.39, 0.29) is 12.5 Å². The van der Waals surface area contributed by atoms with Crippen molar-refractivity contribution in [3.8, 4) is 0 Å². The highest BCUT2D eigenvalue weighted by atomic mass is 16.1. The molecule has 0 bridgehead atoms. The van der Waals surface area contributed by atoms with Gasteiger partial charge in [0.05, 0.1) is 6.54 Å². The molecule has 0 saturated heterocycles. The number of imidazole rings is 1. The van der Waals surface area contributed by atoms with Crippen molar-refractivity contribution in [3.63, 3.8) is 0 Å². The first-order valence-electron chi connectivity index (χ1n) is 4.15. The molecule has 1 aromatic heterocycles. The van der Waals surface area contributed by atoms with Crippen LogP contribution in [-0.4, -0.2) is 28.5 Å². The average molecular weight is 182 g/mol. The molecule has 1 heterocycles. The van der Waals surface area contributed by atoms with Crippen molar-refractivity contribution in [1.82, 2.24) is 14.9 Å². The summed E-state index contributed by atoms with van der Waals surface area (Å²) in [7, 11) is 1.94. The Kier molecular flexibility index (Phi) is 3.45. The monoisotopic (exact) mass is 182 g/mol. The summed E-state index contributed by atoms with van der Waals surface area (Å²) < 4.78 is 1.95. The highest BCUT2D eigenvalue weighted by Gasteiger charge is 1.98. The summed E-state index contributed by atoms with van der Waals surface area (Å²) >= 11 is 0. The lowest BCUT2D eigenvalue weighted by Crippen LogP contribution is -2.30. The molecule has 0 fully saturated rings. The number of aromatic nitrogens is 2. The summed E-state index contributed by atoms with van der Waals surface area (Å²) in [6, 6.07) is 0. The second kappa shape index (κ2) is 4.61. The van der Waals surface area contributed by atoms with Gasteiger partial charge in [0.25, 0.3) is 0 Å². The average Bonchev–Trinajstić information content (AvgIpc) is 2.45. The zero-order valence-electron chi connectivity index (χ0n) is 7.66. The molecule has 0 aliphatic heterocycles. The molecule has 0 aliphatic rings. The minimum atomic E-state index is -0.333. The maximum absolute atomic E-state index is 10.4. The first-order valence-corrected chi connectivity index (χ1v) is 4.15. The lowest BCUT2D eigenvalue weighted by molar-refractivity contribution is -0.117. The maximum Gasteiger partial charge on any atom is 0.231 e. The van der Waals surface area contributed by atoms with Crippen molar-refractivity contribution in [2.24, 2.45) is 12.8 Å². The van der Waals surface area contributed by atoms with E-state index in [4.69, 9.17) is 5.73 Å². The fraction of sp³-hybridized carbons (Fsp3) is 0.500. The first kappa shape index (κ1) is 9.73. The molecule has 5 nitrogen and oxygen atoms in total. The van der Waals surface area contributed by atoms with Crippen LogP contribution in [0.4, 0.5) is 0 Å². The Morgan fingerprint density at radius 2 is 2.54 bits per heavy atom. The number of aryl methyl sites for hydroxylation is 1. The van der Waals surface area contributed by atoms with E-state index < -0.39 is 0 Å². The van der Waals surface area contributed by atoms with Crippen molar-refractivity contribution >= 4 is 5.91 Å². The number of nitrogens with zero attached hydrogens (tertiary/aromatic N) is 2. The van der Waals surface area contributed by atoms with Crippen LogP contribution in [0.25, 0.3) is 0 Å². The summed E-state index contributed by atoms with van der Waals surface area (Å²) in [4.78, 5) is 14.5. The van der Waals surface area contributed by atoms with Crippen LogP contribution in [0.1, 0.15) is 5.82 Å². The number of hydrogen-bond donors (Lipinski definition) is 2. The van der Waals surface area contributed by atoms with Gasteiger partial charge >= 0.3 is 0 Å². The van der Waals surface area contributed by atoms with Crippen molar-refractivity contribution in [1.29, 1.82) is 0 Å². The van der Waals surface area contributed by atoms with Crippen LogP contribution in [0.2, 0.25) is 0 Å². The second-order valence-electron chi connectivity index (χ2n) is 2.85. The number of hydrogen-bond acceptors (Lipinski definition) is 3. The standard InChI is InChI=1S/C8H14N4O/c1-12-5-4-11-8(12)2-3-10-6-7(9)13/h4-5,10H,2-3,6H2,1H3,(H2,9,13). The van der Waals surface area contributed by atoms with Crippen molar-refractivity contribution in [3.05, 3.63) is 18.2 Å². The van der Waals surface area contributed by atoms with Crippen LogP contribution in [0.5, 0.6) is 0 Å². The molecular weight excluding hydrogens is 168 g/mol. The molecule has 0 atom stereocenters. The number of carbonyl (C=O) groups excluding carboxylic acids is 1. The number of nitrogens with one attached hydrogen (secondary N) is 1. The number of rotatable bonds is 5. The number of primary amides is 1. The Morgan fingerprint density at radius 3 is 3.08 bits per heavy atom. The molecule has 1 aromatic rings. The lowest BCUT2D eigenvalue weighted by atomic mass is 10.4. The third-order valence-electron chi connectivity index (χ3n) is 1.75. The summed E-state index contributed by atoms with van der Waals surface area (Å²) in [5.41, 5.74) is 4.96. The summed E-state index contributed by atoms with van der Waals surface area (Å²) in [5.74, 6) is 0.664. The Morgan fingerprint density at radius 1 is 1.77 bits per heavy atom. The van der Waals surface area contributed by atoms with Gasteiger partial charge in [-0.15, -0.1) is 0 Å². The summed E-state index contributed by atoms with van der Waals surface area (Å²) in [5, 5.41) is 2.92. The maximum atomic E-state index is 10.4.